The molecule has 0 saturated carbocycles. The molecular formula is C59H49Br3Cl3N19O2. The van der Waals surface area contributed by atoms with Crippen molar-refractivity contribution in [3.8, 4) is 23.1 Å². The van der Waals surface area contributed by atoms with Crippen molar-refractivity contribution in [2.45, 2.75) is 0 Å². The average molecular weight is 1400 g/mol. The standard InChI is InChI=1S/C23H20BrN7O.C13H7BrClN5.C10H14N2O.C7H6N2.C6H2BrCl2N3/c24-19-15-26-31-22(30-20-4-2-1-3-16(20)14-25-30)13-21(27-23(19)31)29-11-9-28(10-12-29)17-5-7-18(32)8-6-17;14-9-7-17-20-12(5-11(15)18-13(9)20)19-10-4-2-1-3-8(10)6-16-19;13-10-3-1-9(2-4-10)12-7-5-11-6-8-12;1-2-4-7-6(3-1)5-8-9-7;7-3-2-10-12-5(9)1-4(8)11-6(3)12/h1-8,13-15,32H,9-12H2;1-7H;1-4,11,13H,5-8H2;1-5H,(H,8,9);1-2H. The fourth-order valence-corrected chi connectivity index (χ4v) is 11.5. The highest BCUT2D eigenvalue weighted by molar-refractivity contribution is 9.11. The van der Waals surface area contributed by atoms with E-state index in [2.05, 4.69) is 132 Å². The van der Waals surface area contributed by atoms with Crippen molar-refractivity contribution >= 4 is 149 Å². The number of H-pyrrole nitrogens is 1. The summed E-state index contributed by atoms with van der Waals surface area (Å²) in [5.41, 5.74) is 7.46. The molecule has 11 heterocycles. The van der Waals surface area contributed by atoms with Gasteiger partial charge < -0.3 is 30.2 Å². The summed E-state index contributed by atoms with van der Waals surface area (Å²) in [7, 11) is 0. The molecule has 0 bridgehead atoms. The fourth-order valence-electron chi connectivity index (χ4n) is 9.77. The van der Waals surface area contributed by atoms with Gasteiger partial charge in [0.05, 0.1) is 67.1 Å². The molecule has 16 rings (SSSR count). The summed E-state index contributed by atoms with van der Waals surface area (Å²) in [5, 5.41) is 55.1. The van der Waals surface area contributed by atoms with Gasteiger partial charge in [0.1, 0.15) is 32.8 Å². The Morgan fingerprint density at radius 1 is 0.430 bits per heavy atom. The lowest BCUT2D eigenvalue weighted by molar-refractivity contribution is 0.474. The first kappa shape index (κ1) is 58.0. The van der Waals surface area contributed by atoms with E-state index >= 15 is 0 Å². The van der Waals surface area contributed by atoms with Gasteiger partial charge in [0.15, 0.2) is 28.6 Å². The Kier molecular flexibility index (Phi) is 17.6. The molecular weight excluding hydrogens is 1350 g/mol. The first-order valence-corrected chi connectivity index (χ1v) is 30.3. The highest BCUT2D eigenvalue weighted by atomic mass is 79.9. The van der Waals surface area contributed by atoms with Gasteiger partial charge in [-0.1, -0.05) is 89.4 Å². The van der Waals surface area contributed by atoms with E-state index in [1.807, 2.05) is 113 Å². The number of aromatic hydroxyl groups is 2. The van der Waals surface area contributed by atoms with Crippen LogP contribution in [0.15, 0.2) is 190 Å². The van der Waals surface area contributed by atoms with Crippen LogP contribution in [0.2, 0.25) is 15.5 Å². The lowest BCUT2D eigenvalue weighted by Crippen LogP contribution is -2.46. The van der Waals surface area contributed by atoms with Gasteiger partial charge in [-0.25, -0.2) is 28.8 Å². The van der Waals surface area contributed by atoms with Crippen LogP contribution < -0.4 is 20.0 Å². The van der Waals surface area contributed by atoms with Crippen LogP contribution in [0.1, 0.15) is 0 Å². The SMILES string of the molecule is Clc1cc(-n2ncc3ccccc32)n2ncc(Br)c2n1.Clc1cc(Cl)n2ncc(Br)c2n1.Oc1ccc(N2CCN(c3cc(-n4ncc5ccccc54)n4ncc(Br)c4n3)CC2)cc1.Oc1ccc(N2CCNCC2)cc1.c1ccc2[nH]ncc2c1. The van der Waals surface area contributed by atoms with Crippen molar-refractivity contribution in [1.29, 1.82) is 0 Å². The van der Waals surface area contributed by atoms with Crippen molar-refractivity contribution in [3.05, 3.63) is 206 Å². The number of aromatic nitrogens is 15. The number of aromatic amines is 1. The predicted molar refractivity (Wildman–Crippen MR) is 348 cm³/mol. The Morgan fingerprint density at radius 2 is 0.884 bits per heavy atom. The zero-order chi connectivity index (χ0) is 59.3. The molecule has 2 aliphatic heterocycles. The summed E-state index contributed by atoms with van der Waals surface area (Å²) in [6.07, 6.45) is 10.6. The lowest BCUT2D eigenvalue weighted by Gasteiger charge is -2.36. The van der Waals surface area contributed by atoms with Crippen LogP contribution in [0.5, 0.6) is 11.5 Å². The second-order valence-electron chi connectivity index (χ2n) is 19.4. The van der Waals surface area contributed by atoms with Gasteiger partial charge in [-0.15, -0.1) is 0 Å². The Balaban J connectivity index is 0.000000114. The van der Waals surface area contributed by atoms with Gasteiger partial charge in [-0.2, -0.15) is 39.6 Å². The molecule has 0 aliphatic carbocycles. The van der Waals surface area contributed by atoms with Crippen molar-refractivity contribution in [2.75, 3.05) is 67.1 Å². The van der Waals surface area contributed by atoms with Gasteiger partial charge in [0.2, 0.25) is 0 Å². The Hall–Kier alpha value is -8.36. The molecule has 14 aromatic rings. The fraction of sp³-hybridized carbons (Fsp3) is 0.136. The van der Waals surface area contributed by atoms with Crippen LogP contribution >= 0.6 is 82.6 Å². The molecule has 0 atom stereocenters. The normalized spacial score (nSPS) is 13.3. The number of nitrogens with zero attached hydrogens (tertiary/aromatic N) is 17. The minimum Gasteiger partial charge on any atom is -0.508 e. The largest absolute Gasteiger partial charge is 0.508 e. The molecule has 0 radical (unpaired) electrons. The summed E-state index contributed by atoms with van der Waals surface area (Å²) in [6.45, 7) is 7.61. The zero-order valence-electron chi connectivity index (χ0n) is 45.2. The van der Waals surface area contributed by atoms with E-state index in [1.54, 1.807) is 58.1 Å². The number of rotatable bonds is 5. The number of fused-ring (bicyclic) bond motifs is 6. The smallest absolute Gasteiger partial charge is 0.173 e. The Labute approximate surface area is 530 Å². The number of nitrogens with one attached hydrogen (secondary N) is 2. The molecule has 2 aliphatic rings. The summed E-state index contributed by atoms with van der Waals surface area (Å²) in [6, 6.07) is 44.2. The quantitative estimate of drug-likeness (QED) is 0.118. The van der Waals surface area contributed by atoms with E-state index < -0.39 is 0 Å². The van der Waals surface area contributed by atoms with E-state index in [9.17, 15) is 5.11 Å². The van der Waals surface area contributed by atoms with Gasteiger partial charge >= 0.3 is 0 Å². The molecule has 9 aromatic heterocycles. The molecule has 4 N–H and O–H groups in total. The number of hydrogen-bond donors (Lipinski definition) is 4. The molecule has 5 aromatic carbocycles. The summed E-state index contributed by atoms with van der Waals surface area (Å²) in [4.78, 5) is 20.1. The van der Waals surface area contributed by atoms with Crippen LogP contribution in [0, 0.1) is 0 Å². The topological polar surface area (TPSA) is 217 Å². The average Bonchev–Trinajstić information content (AvgIpc) is 3.75. The van der Waals surface area contributed by atoms with E-state index in [4.69, 9.17) is 44.9 Å². The first-order chi connectivity index (χ1) is 41.9. The molecule has 86 heavy (non-hydrogen) atoms. The number of para-hydroxylation sites is 3. The third kappa shape index (κ3) is 12.8. The minimum atomic E-state index is 0.287. The van der Waals surface area contributed by atoms with E-state index in [-0.39, 0.29) is 5.75 Å². The minimum absolute atomic E-state index is 0.287. The van der Waals surface area contributed by atoms with Crippen LogP contribution in [0.25, 0.3) is 61.3 Å². The van der Waals surface area contributed by atoms with Crippen LogP contribution in [-0.2, 0) is 0 Å². The predicted octanol–water partition coefficient (Wildman–Crippen LogP) is 12.5. The lowest BCUT2D eigenvalue weighted by atomic mass is 10.2. The Bertz CT molecular complexity index is 4600. The molecule has 434 valence electrons. The molecule has 2 fully saturated rings. The highest BCUT2D eigenvalue weighted by Crippen LogP contribution is 2.30. The second kappa shape index (κ2) is 26.1. The molecule has 0 unspecified atom stereocenters. The number of phenolic OH excluding ortho intramolecular Hbond substituents is 2. The van der Waals surface area contributed by atoms with E-state index in [0.717, 1.165) is 127 Å². The maximum Gasteiger partial charge on any atom is 0.173 e. The molecule has 0 amide bonds. The van der Waals surface area contributed by atoms with Gasteiger partial charge in [0, 0.05) is 98.1 Å². The highest BCUT2D eigenvalue weighted by Gasteiger charge is 2.23. The van der Waals surface area contributed by atoms with Gasteiger partial charge in [0.25, 0.3) is 0 Å². The van der Waals surface area contributed by atoms with Crippen LogP contribution in [0.3, 0.4) is 0 Å². The van der Waals surface area contributed by atoms with Gasteiger partial charge in [-0.3, -0.25) is 5.10 Å². The third-order valence-electron chi connectivity index (χ3n) is 14.0. The molecule has 0 spiro atoms. The van der Waals surface area contributed by atoms with Crippen molar-refractivity contribution < 1.29 is 10.2 Å². The zero-order valence-corrected chi connectivity index (χ0v) is 52.2. The summed E-state index contributed by atoms with van der Waals surface area (Å²) >= 11 is 27.9. The third-order valence-corrected chi connectivity index (χ3v) is 16.4. The Morgan fingerprint density at radius 3 is 1.44 bits per heavy atom. The molecule has 21 nitrogen and oxygen atoms in total. The molecule has 2 saturated heterocycles. The second-order valence-corrected chi connectivity index (χ2v) is 23.2. The van der Waals surface area contributed by atoms with Crippen LogP contribution in [0.4, 0.5) is 17.2 Å². The van der Waals surface area contributed by atoms with Gasteiger partial charge in [-0.05, 0) is 115 Å². The maximum atomic E-state index is 9.55. The van der Waals surface area contributed by atoms with E-state index in [1.165, 1.54) is 16.3 Å². The number of halogens is 6. The van der Waals surface area contributed by atoms with Crippen LogP contribution in [-0.4, -0.2) is 136 Å². The first-order valence-electron chi connectivity index (χ1n) is 26.8. The number of benzene rings is 5. The monoisotopic (exact) mass is 1400 g/mol. The number of hydrogen-bond acceptors (Lipinski definition) is 15. The maximum absolute atomic E-state index is 9.55. The van der Waals surface area contributed by atoms with Crippen molar-refractivity contribution in [2.24, 2.45) is 0 Å². The van der Waals surface area contributed by atoms with Crippen molar-refractivity contribution in [3.63, 3.8) is 0 Å². The van der Waals surface area contributed by atoms with Crippen molar-refractivity contribution in [1.82, 2.24) is 78.9 Å². The number of phenols is 2. The number of anilines is 3. The summed E-state index contributed by atoms with van der Waals surface area (Å²) in [5.74, 6) is 3.11. The van der Waals surface area contributed by atoms with E-state index in [0.29, 0.717) is 32.5 Å². The number of piperazine rings is 2. The summed E-state index contributed by atoms with van der Waals surface area (Å²) < 4.78 is 11.1. The molecule has 27 heteroatoms.